The van der Waals surface area contributed by atoms with Crippen molar-refractivity contribution < 1.29 is 19.1 Å². The third-order valence-corrected chi connectivity index (χ3v) is 7.84. The number of carbonyl (C=O) groups is 2. The molecule has 1 saturated heterocycles. The lowest BCUT2D eigenvalue weighted by Gasteiger charge is -2.20. The van der Waals surface area contributed by atoms with Gasteiger partial charge in [0, 0.05) is 16.3 Å². The van der Waals surface area contributed by atoms with Gasteiger partial charge in [-0.25, -0.2) is 0 Å². The molecule has 10 heteroatoms. The zero-order valence-corrected chi connectivity index (χ0v) is 20.7. The Hall–Kier alpha value is -3.40. The zero-order valence-electron chi connectivity index (χ0n) is 18.3. The number of hydrogen-bond donors (Lipinski definition) is 1. The molecule has 0 bridgehead atoms. The zero-order chi connectivity index (χ0) is 24.5. The second-order valence-electron chi connectivity index (χ2n) is 7.82. The Kier molecular flexibility index (Phi) is 6.46. The molecule has 1 N–H and O–H groups in total. The average molecular weight is 524 g/mol. The Balaban J connectivity index is 1.49. The molecule has 5 rings (SSSR count). The van der Waals surface area contributed by atoms with Crippen LogP contribution in [0, 0.1) is 6.92 Å². The number of ketones is 1. The SMILES string of the molecule is Cc1ccc(/C(O)=C2/C(=O)C(=O)N(c3nnc(SCc4ccc(Cl)cc4)s3)C2c2ccco2)cc1. The number of hydrogen-bond acceptors (Lipinski definition) is 8. The number of carbonyl (C=O) groups excluding carboxylic acids is 2. The van der Waals surface area contributed by atoms with Crippen molar-refractivity contribution in [2.24, 2.45) is 0 Å². The number of furan rings is 1. The van der Waals surface area contributed by atoms with Gasteiger partial charge in [-0.2, -0.15) is 0 Å². The normalized spacial score (nSPS) is 17.3. The van der Waals surface area contributed by atoms with Crippen molar-refractivity contribution in [3.8, 4) is 0 Å². The van der Waals surface area contributed by atoms with E-state index >= 15 is 0 Å². The van der Waals surface area contributed by atoms with E-state index in [4.69, 9.17) is 16.0 Å². The smallest absolute Gasteiger partial charge is 0.302 e. The van der Waals surface area contributed by atoms with E-state index in [0.29, 0.717) is 26.4 Å². The minimum absolute atomic E-state index is 0.0561. The molecule has 1 aliphatic rings. The van der Waals surface area contributed by atoms with Crippen LogP contribution in [-0.2, 0) is 15.3 Å². The highest BCUT2D eigenvalue weighted by Gasteiger charge is 2.49. The summed E-state index contributed by atoms with van der Waals surface area (Å²) in [5.41, 5.74) is 2.44. The predicted octanol–water partition coefficient (Wildman–Crippen LogP) is 6.01. The quantitative estimate of drug-likeness (QED) is 0.109. The number of benzene rings is 2. The first kappa shape index (κ1) is 23.3. The van der Waals surface area contributed by atoms with Gasteiger partial charge < -0.3 is 9.52 Å². The highest BCUT2D eigenvalue weighted by molar-refractivity contribution is 8.00. The topological polar surface area (TPSA) is 96.5 Å². The second kappa shape index (κ2) is 9.69. The highest BCUT2D eigenvalue weighted by atomic mass is 35.5. The van der Waals surface area contributed by atoms with E-state index < -0.39 is 17.7 Å². The lowest BCUT2D eigenvalue weighted by atomic mass is 9.99. The van der Waals surface area contributed by atoms with E-state index in [2.05, 4.69) is 10.2 Å². The summed E-state index contributed by atoms with van der Waals surface area (Å²) in [5, 5.41) is 20.3. The van der Waals surface area contributed by atoms with Crippen LogP contribution in [0.5, 0.6) is 0 Å². The van der Waals surface area contributed by atoms with Gasteiger partial charge in [-0.3, -0.25) is 14.5 Å². The molecular formula is C25H18ClN3O4S2. The van der Waals surface area contributed by atoms with Crippen LogP contribution in [-0.4, -0.2) is 27.0 Å². The second-order valence-corrected chi connectivity index (χ2v) is 10.4. The third-order valence-electron chi connectivity index (χ3n) is 5.46. The van der Waals surface area contributed by atoms with E-state index in [1.54, 1.807) is 24.3 Å². The van der Waals surface area contributed by atoms with Gasteiger partial charge in [0.1, 0.15) is 17.6 Å². The van der Waals surface area contributed by atoms with E-state index in [0.717, 1.165) is 11.1 Å². The Morgan fingerprint density at radius 2 is 1.86 bits per heavy atom. The number of thioether (sulfide) groups is 1. The molecule has 1 atom stereocenters. The summed E-state index contributed by atoms with van der Waals surface area (Å²) < 4.78 is 6.21. The van der Waals surface area contributed by atoms with Crippen LogP contribution >= 0.6 is 34.7 Å². The molecule has 0 spiro atoms. The van der Waals surface area contributed by atoms with Crippen molar-refractivity contribution in [1.82, 2.24) is 10.2 Å². The number of aliphatic hydroxyl groups excluding tert-OH is 1. The lowest BCUT2D eigenvalue weighted by molar-refractivity contribution is -0.132. The van der Waals surface area contributed by atoms with Crippen molar-refractivity contribution in [2.45, 2.75) is 23.1 Å². The predicted molar refractivity (Wildman–Crippen MR) is 136 cm³/mol. The molecule has 3 heterocycles. The minimum Gasteiger partial charge on any atom is -0.507 e. The van der Waals surface area contributed by atoms with Gasteiger partial charge in [0.15, 0.2) is 4.34 Å². The monoisotopic (exact) mass is 523 g/mol. The molecule has 4 aromatic rings. The maximum absolute atomic E-state index is 13.1. The number of halogens is 1. The summed E-state index contributed by atoms with van der Waals surface area (Å²) in [6.07, 6.45) is 1.45. The molecule has 0 radical (unpaired) electrons. The number of aliphatic hydroxyl groups is 1. The number of aromatic nitrogens is 2. The molecule has 1 unspecified atom stereocenters. The number of Topliss-reactive ketones (excluding diaryl/α,β-unsaturated/α-hetero) is 1. The summed E-state index contributed by atoms with van der Waals surface area (Å²) in [6.45, 7) is 1.92. The van der Waals surface area contributed by atoms with Crippen LogP contribution in [0.4, 0.5) is 5.13 Å². The molecule has 176 valence electrons. The van der Waals surface area contributed by atoms with Crippen LogP contribution in [0.1, 0.15) is 28.5 Å². The number of amides is 1. The van der Waals surface area contributed by atoms with Crippen molar-refractivity contribution in [1.29, 1.82) is 0 Å². The number of anilines is 1. The standard InChI is InChI=1S/C25H18ClN3O4S2/c1-14-4-8-16(9-5-14)21(30)19-20(18-3-2-12-33-18)29(23(32)22(19)31)24-27-28-25(35-24)34-13-15-6-10-17(26)11-7-15/h2-12,20,30H,13H2,1H3/b21-19-. The molecular weight excluding hydrogens is 506 g/mol. The molecule has 35 heavy (non-hydrogen) atoms. The van der Waals surface area contributed by atoms with Crippen molar-refractivity contribution in [3.63, 3.8) is 0 Å². The Labute approximate surface area is 214 Å². The first-order chi connectivity index (χ1) is 16.9. The number of rotatable bonds is 6. The van der Waals surface area contributed by atoms with Crippen molar-refractivity contribution in [2.75, 3.05) is 4.90 Å². The Morgan fingerprint density at radius 3 is 2.54 bits per heavy atom. The minimum atomic E-state index is -0.964. The summed E-state index contributed by atoms with van der Waals surface area (Å²) in [4.78, 5) is 27.5. The number of nitrogens with zero attached hydrogens (tertiary/aromatic N) is 3. The summed E-state index contributed by atoms with van der Waals surface area (Å²) in [5.74, 6) is -0.905. The van der Waals surface area contributed by atoms with Gasteiger partial charge in [-0.1, -0.05) is 76.7 Å². The summed E-state index contributed by atoms with van der Waals surface area (Å²) in [6, 6.07) is 16.9. The fraction of sp³-hybridized carbons (Fsp3) is 0.120. The third kappa shape index (κ3) is 4.62. The molecule has 2 aromatic carbocycles. The summed E-state index contributed by atoms with van der Waals surface area (Å²) >= 11 is 8.60. The maximum Gasteiger partial charge on any atom is 0.302 e. The van der Waals surface area contributed by atoms with E-state index in [9.17, 15) is 14.7 Å². The van der Waals surface area contributed by atoms with Gasteiger partial charge in [-0.05, 0) is 36.8 Å². The van der Waals surface area contributed by atoms with Gasteiger partial charge in [-0.15, -0.1) is 10.2 Å². The first-order valence-corrected chi connectivity index (χ1v) is 12.7. The molecule has 1 fully saturated rings. The van der Waals surface area contributed by atoms with Gasteiger partial charge in [0.2, 0.25) is 5.13 Å². The highest BCUT2D eigenvalue weighted by Crippen LogP contribution is 2.44. The van der Waals surface area contributed by atoms with Crippen LogP contribution in [0.2, 0.25) is 5.02 Å². The summed E-state index contributed by atoms with van der Waals surface area (Å²) in [7, 11) is 0. The lowest BCUT2D eigenvalue weighted by Crippen LogP contribution is -2.29. The van der Waals surface area contributed by atoms with E-state index in [1.165, 1.54) is 34.3 Å². The Bertz CT molecular complexity index is 1410. The average Bonchev–Trinajstić information content (AvgIpc) is 3.60. The molecule has 0 saturated carbocycles. The Morgan fingerprint density at radius 1 is 1.11 bits per heavy atom. The maximum atomic E-state index is 13.1. The largest absolute Gasteiger partial charge is 0.507 e. The van der Waals surface area contributed by atoms with Gasteiger partial charge in [0.05, 0.1) is 11.8 Å². The van der Waals surface area contributed by atoms with Crippen LogP contribution < -0.4 is 4.90 Å². The van der Waals surface area contributed by atoms with Gasteiger partial charge in [0.25, 0.3) is 5.78 Å². The van der Waals surface area contributed by atoms with E-state index in [-0.39, 0.29) is 16.5 Å². The molecule has 2 aromatic heterocycles. The van der Waals surface area contributed by atoms with Crippen LogP contribution in [0.3, 0.4) is 0 Å². The van der Waals surface area contributed by atoms with Crippen molar-refractivity contribution >= 4 is 57.3 Å². The van der Waals surface area contributed by atoms with Crippen molar-refractivity contribution in [3.05, 3.63) is 100.0 Å². The fourth-order valence-corrected chi connectivity index (χ4v) is 5.65. The van der Waals surface area contributed by atoms with Gasteiger partial charge >= 0.3 is 5.91 Å². The molecule has 1 amide bonds. The van der Waals surface area contributed by atoms with Crippen LogP contribution in [0.15, 0.2) is 81.3 Å². The molecule has 7 nitrogen and oxygen atoms in total. The first-order valence-electron chi connectivity index (χ1n) is 10.5. The fourth-order valence-electron chi connectivity index (χ4n) is 3.70. The van der Waals surface area contributed by atoms with Crippen LogP contribution in [0.25, 0.3) is 5.76 Å². The molecule has 0 aliphatic carbocycles. The van der Waals surface area contributed by atoms with E-state index in [1.807, 2.05) is 43.3 Å². The number of aryl methyl sites for hydroxylation is 1. The molecule has 1 aliphatic heterocycles.